The molecule has 0 aliphatic carbocycles. The van der Waals surface area contributed by atoms with E-state index in [1.54, 1.807) is 4.90 Å². The fourth-order valence-corrected chi connectivity index (χ4v) is 3.42. The number of nitrogens with one attached hydrogen (secondary N) is 1. The van der Waals surface area contributed by atoms with Gasteiger partial charge >= 0.3 is 0 Å². The number of rotatable bonds is 7. The van der Waals surface area contributed by atoms with E-state index in [4.69, 9.17) is 4.74 Å². The van der Waals surface area contributed by atoms with Gasteiger partial charge in [0.05, 0.1) is 12.5 Å². The van der Waals surface area contributed by atoms with Gasteiger partial charge in [-0.15, -0.1) is 0 Å². The summed E-state index contributed by atoms with van der Waals surface area (Å²) < 4.78 is 5.59. The zero-order chi connectivity index (χ0) is 20.1. The summed E-state index contributed by atoms with van der Waals surface area (Å²) in [6.07, 6.45) is 1.17. The van der Waals surface area contributed by atoms with Crippen molar-refractivity contribution in [1.29, 1.82) is 0 Å². The van der Waals surface area contributed by atoms with Gasteiger partial charge in [-0.1, -0.05) is 39.0 Å². The highest BCUT2D eigenvalue weighted by atomic mass is 16.5. The van der Waals surface area contributed by atoms with Crippen molar-refractivity contribution in [1.82, 2.24) is 0 Å². The lowest BCUT2D eigenvalue weighted by Crippen LogP contribution is -2.28. The van der Waals surface area contributed by atoms with Gasteiger partial charge in [-0.25, -0.2) is 0 Å². The monoisotopic (exact) mass is 380 g/mol. The van der Waals surface area contributed by atoms with Crippen molar-refractivity contribution in [3.63, 3.8) is 0 Å². The van der Waals surface area contributed by atoms with Crippen molar-refractivity contribution in [3.8, 4) is 5.75 Å². The molecule has 0 aromatic heterocycles. The highest BCUT2D eigenvalue weighted by Crippen LogP contribution is 2.29. The van der Waals surface area contributed by atoms with Crippen LogP contribution in [0.2, 0.25) is 0 Å². The number of hydrogen-bond acceptors (Lipinski definition) is 3. The van der Waals surface area contributed by atoms with E-state index in [1.165, 1.54) is 0 Å². The van der Waals surface area contributed by atoms with E-state index in [-0.39, 0.29) is 24.2 Å². The molecule has 0 unspecified atom stereocenters. The first-order valence-corrected chi connectivity index (χ1v) is 9.92. The molecule has 5 nitrogen and oxygen atoms in total. The minimum Gasteiger partial charge on any atom is -0.494 e. The van der Waals surface area contributed by atoms with Gasteiger partial charge in [-0.2, -0.15) is 0 Å². The number of nitrogens with zero attached hydrogens (tertiary/aromatic N) is 1. The zero-order valence-corrected chi connectivity index (χ0v) is 16.8. The number of carbonyl (C=O) groups excluding carboxylic acids is 2. The summed E-state index contributed by atoms with van der Waals surface area (Å²) in [5.41, 5.74) is 2.72. The Morgan fingerprint density at radius 1 is 1.18 bits per heavy atom. The summed E-state index contributed by atoms with van der Waals surface area (Å²) in [5, 5.41) is 3.02. The highest BCUT2D eigenvalue weighted by molar-refractivity contribution is 6.03. The van der Waals surface area contributed by atoms with Crippen LogP contribution in [0.1, 0.15) is 45.1 Å². The zero-order valence-electron chi connectivity index (χ0n) is 16.8. The average Bonchev–Trinajstić information content (AvgIpc) is 3.09. The maximum absolute atomic E-state index is 12.8. The van der Waals surface area contributed by atoms with Gasteiger partial charge in [0, 0.05) is 24.3 Å². The molecule has 0 bridgehead atoms. The molecule has 1 heterocycles. The van der Waals surface area contributed by atoms with Gasteiger partial charge in [0.15, 0.2) is 0 Å². The van der Waals surface area contributed by atoms with Crippen LogP contribution < -0.4 is 15.0 Å². The van der Waals surface area contributed by atoms with Crippen molar-refractivity contribution in [2.45, 2.75) is 39.5 Å². The van der Waals surface area contributed by atoms with E-state index in [0.717, 1.165) is 29.1 Å². The predicted molar refractivity (Wildman–Crippen MR) is 112 cm³/mol. The maximum atomic E-state index is 12.8. The third-order valence-electron chi connectivity index (χ3n) is 4.96. The molecule has 2 aromatic carbocycles. The first-order valence-electron chi connectivity index (χ1n) is 9.92. The van der Waals surface area contributed by atoms with E-state index >= 15 is 0 Å². The number of para-hydroxylation sites is 1. The summed E-state index contributed by atoms with van der Waals surface area (Å²) in [4.78, 5) is 26.9. The van der Waals surface area contributed by atoms with Crippen LogP contribution in [0.15, 0.2) is 48.5 Å². The number of anilines is 2. The molecule has 0 radical (unpaired) electrons. The van der Waals surface area contributed by atoms with Crippen molar-refractivity contribution < 1.29 is 14.3 Å². The molecule has 1 aliphatic heterocycles. The first kappa shape index (κ1) is 19.9. The van der Waals surface area contributed by atoms with Crippen LogP contribution in [0.3, 0.4) is 0 Å². The van der Waals surface area contributed by atoms with Crippen molar-refractivity contribution in [2.75, 3.05) is 23.4 Å². The second-order valence-electron chi connectivity index (χ2n) is 7.48. The van der Waals surface area contributed by atoms with Gasteiger partial charge < -0.3 is 15.0 Å². The third kappa shape index (κ3) is 4.53. The molecule has 5 heteroatoms. The molecule has 28 heavy (non-hydrogen) atoms. The molecule has 0 spiro atoms. The van der Waals surface area contributed by atoms with Crippen molar-refractivity contribution in [2.24, 2.45) is 5.92 Å². The van der Waals surface area contributed by atoms with Gasteiger partial charge in [0.1, 0.15) is 5.75 Å². The van der Waals surface area contributed by atoms with E-state index in [2.05, 4.69) is 26.1 Å². The Labute approximate surface area is 166 Å². The lowest BCUT2D eigenvalue weighted by molar-refractivity contribution is -0.122. The largest absolute Gasteiger partial charge is 0.494 e. The topological polar surface area (TPSA) is 58.6 Å². The minimum atomic E-state index is -0.358. The van der Waals surface area contributed by atoms with Gasteiger partial charge in [0.25, 0.3) is 0 Å². The smallest absolute Gasteiger partial charge is 0.229 e. The summed E-state index contributed by atoms with van der Waals surface area (Å²) in [7, 11) is 0. The number of carbonyl (C=O) groups is 2. The molecule has 1 atom stereocenters. The molecule has 148 valence electrons. The normalized spacial score (nSPS) is 16.5. The van der Waals surface area contributed by atoms with E-state index in [0.29, 0.717) is 19.1 Å². The lowest BCUT2D eigenvalue weighted by atomic mass is 10.0. The Morgan fingerprint density at radius 3 is 2.57 bits per heavy atom. The Kier molecular flexibility index (Phi) is 6.34. The van der Waals surface area contributed by atoms with Gasteiger partial charge in [0.2, 0.25) is 11.8 Å². The van der Waals surface area contributed by atoms with Crippen LogP contribution in [-0.2, 0) is 9.59 Å². The number of ether oxygens (including phenoxy) is 1. The highest BCUT2D eigenvalue weighted by Gasteiger charge is 2.35. The molecular formula is C23H28N2O3. The van der Waals surface area contributed by atoms with Crippen LogP contribution in [0.25, 0.3) is 0 Å². The van der Waals surface area contributed by atoms with Crippen molar-refractivity contribution in [3.05, 3.63) is 54.1 Å². The second kappa shape index (κ2) is 8.91. The average molecular weight is 380 g/mol. The fraction of sp³-hybridized carbons (Fsp3) is 0.391. The molecule has 2 amide bonds. The summed E-state index contributed by atoms with van der Waals surface area (Å²) in [6, 6.07) is 15.3. The standard InChI is InChI=1S/C23H28N2O3/c1-4-13-28-19-11-9-18(10-12-19)25-15-17(14-22(25)26)23(27)24-21-8-6-5-7-20(21)16(2)3/h5-12,16-17H,4,13-15H2,1-3H3,(H,24,27)/t17-/m0/s1. The third-order valence-corrected chi connectivity index (χ3v) is 4.96. The molecule has 1 N–H and O–H groups in total. The number of amides is 2. The van der Waals surface area contributed by atoms with E-state index < -0.39 is 0 Å². The minimum absolute atomic E-state index is 0.0282. The molecule has 1 saturated heterocycles. The van der Waals surface area contributed by atoms with E-state index in [9.17, 15) is 9.59 Å². The molecule has 1 aliphatic rings. The molecule has 3 rings (SSSR count). The first-order chi connectivity index (χ1) is 13.5. The van der Waals surface area contributed by atoms with Gasteiger partial charge in [-0.05, 0) is 48.2 Å². The fourth-order valence-electron chi connectivity index (χ4n) is 3.42. The lowest BCUT2D eigenvalue weighted by Gasteiger charge is -2.18. The predicted octanol–water partition coefficient (Wildman–Crippen LogP) is 4.59. The SMILES string of the molecule is CCCOc1ccc(N2C[C@@H](C(=O)Nc3ccccc3C(C)C)CC2=O)cc1. The van der Waals surface area contributed by atoms with Crippen LogP contribution in [0, 0.1) is 5.92 Å². The second-order valence-corrected chi connectivity index (χ2v) is 7.48. The van der Waals surface area contributed by atoms with Gasteiger partial charge in [-0.3, -0.25) is 9.59 Å². The Hall–Kier alpha value is -2.82. The van der Waals surface area contributed by atoms with Crippen molar-refractivity contribution >= 4 is 23.2 Å². The van der Waals surface area contributed by atoms with Crippen LogP contribution in [-0.4, -0.2) is 25.0 Å². The Balaban J connectivity index is 1.66. The summed E-state index contributed by atoms with van der Waals surface area (Å²) in [6.45, 7) is 7.31. The molecular weight excluding hydrogens is 352 g/mol. The van der Waals surface area contributed by atoms with Crippen LogP contribution in [0.4, 0.5) is 11.4 Å². The molecule has 1 fully saturated rings. The molecule has 2 aromatic rings. The number of benzene rings is 2. The number of hydrogen-bond donors (Lipinski definition) is 1. The van der Waals surface area contributed by atoms with Crippen LogP contribution in [0.5, 0.6) is 5.75 Å². The van der Waals surface area contributed by atoms with Crippen LogP contribution >= 0.6 is 0 Å². The quantitative estimate of drug-likeness (QED) is 0.764. The maximum Gasteiger partial charge on any atom is 0.229 e. The Morgan fingerprint density at radius 2 is 1.89 bits per heavy atom. The summed E-state index contributed by atoms with van der Waals surface area (Å²) in [5.74, 6) is 0.610. The summed E-state index contributed by atoms with van der Waals surface area (Å²) >= 11 is 0. The molecule has 0 saturated carbocycles. The Bertz CT molecular complexity index is 830. The van der Waals surface area contributed by atoms with E-state index in [1.807, 2.05) is 48.5 Å².